The number of aliphatic hydroxyl groups excluding tert-OH is 1. The van der Waals surface area contributed by atoms with Crippen molar-refractivity contribution in [3.8, 4) is 0 Å². The Balaban J connectivity index is 2.00. The molecular weight excluding hydrogens is 216 g/mol. The molecule has 0 radical (unpaired) electrons. The third kappa shape index (κ3) is 2.92. The molecular formula is C12H20N4O. The first-order valence-electron chi connectivity index (χ1n) is 6.04. The monoisotopic (exact) mass is 236 g/mol. The molecule has 0 bridgehead atoms. The van der Waals surface area contributed by atoms with E-state index in [-0.39, 0.29) is 6.61 Å². The second-order valence-corrected chi connectivity index (χ2v) is 4.68. The number of aromatic nitrogens is 2. The van der Waals surface area contributed by atoms with E-state index < -0.39 is 0 Å². The zero-order chi connectivity index (χ0) is 12.3. The summed E-state index contributed by atoms with van der Waals surface area (Å²) in [6.45, 7) is 2.08. The highest BCUT2D eigenvalue weighted by Crippen LogP contribution is 2.17. The van der Waals surface area contributed by atoms with E-state index in [1.807, 2.05) is 7.05 Å². The largest absolute Gasteiger partial charge is 0.390 e. The molecule has 1 unspecified atom stereocenters. The normalized spacial score (nSPS) is 20.8. The van der Waals surface area contributed by atoms with Crippen LogP contribution in [0.2, 0.25) is 0 Å². The lowest BCUT2D eigenvalue weighted by Crippen LogP contribution is -2.37. The number of nitrogens with zero attached hydrogens (tertiary/aromatic N) is 4. The summed E-state index contributed by atoms with van der Waals surface area (Å²) in [5.41, 5.74) is 0.620. The molecule has 0 amide bonds. The summed E-state index contributed by atoms with van der Waals surface area (Å²) >= 11 is 0. The zero-order valence-electron chi connectivity index (χ0n) is 10.5. The molecule has 0 aromatic carbocycles. The third-order valence-electron chi connectivity index (χ3n) is 3.38. The van der Waals surface area contributed by atoms with Crippen molar-refractivity contribution in [3.05, 3.63) is 18.1 Å². The molecule has 1 saturated heterocycles. The molecule has 2 heterocycles. The van der Waals surface area contributed by atoms with Gasteiger partial charge in [-0.1, -0.05) is 0 Å². The minimum Gasteiger partial charge on any atom is -0.390 e. The van der Waals surface area contributed by atoms with Crippen LogP contribution in [0.5, 0.6) is 0 Å². The van der Waals surface area contributed by atoms with Gasteiger partial charge < -0.3 is 14.9 Å². The van der Waals surface area contributed by atoms with Gasteiger partial charge in [0.2, 0.25) is 0 Å². The second kappa shape index (κ2) is 5.42. The Hall–Kier alpha value is -1.20. The zero-order valence-corrected chi connectivity index (χ0v) is 10.5. The molecule has 1 aromatic rings. The van der Waals surface area contributed by atoms with Crippen LogP contribution in [0.1, 0.15) is 18.5 Å². The highest BCUT2D eigenvalue weighted by molar-refractivity contribution is 5.35. The molecule has 1 aliphatic heterocycles. The van der Waals surface area contributed by atoms with E-state index in [0.717, 1.165) is 12.4 Å². The number of likely N-dealkylation sites (tertiary alicyclic amines) is 1. The first kappa shape index (κ1) is 12.3. The lowest BCUT2D eigenvalue weighted by Gasteiger charge is -2.26. The van der Waals surface area contributed by atoms with Gasteiger partial charge in [0, 0.05) is 19.6 Å². The van der Waals surface area contributed by atoms with Gasteiger partial charge in [0.1, 0.15) is 5.82 Å². The molecule has 5 nitrogen and oxygen atoms in total. The van der Waals surface area contributed by atoms with Crippen molar-refractivity contribution in [3.63, 3.8) is 0 Å². The van der Waals surface area contributed by atoms with E-state index in [1.165, 1.54) is 19.4 Å². The molecule has 17 heavy (non-hydrogen) atoms. The molecule has 0 spiro atoms. The summed E-state index contributed by atoms with van der Waals surface area (Å²) < 4.78 is 0. The average Bonchev–Trinajstić information content (AvgIpc) is 2.75. The molecule has 0 saturated carbocycles. The number of hydrogen-bond donors (Lipinski definition) is 1. The average molecular weight is 236 g/mol. The molecule has 1 fully saturated rings. The Bertz CT molecular complexity index is 371. The van der Waals surface area contributed by atoms with Crippen molar-refractivity contribution in [1.82, 2.24) is 14.9 Å². The van der Waals surface area contributed by atoms with Gasteiger partial charge in [-0.2, -0.15) is 0 Å². The van der Waals surface area contributed by atoms with Crippen molar-refractivity contribution in [1.29, 1.82) is 0 Å². The fraction of sp³-hybridized carbons (Fsp3) is 0.667. The van der Waals surface area contributed by atoms with E-state index in [9.17, 15) is 0 Å². The van der Waals surface area contributed by atoms with E-state index in [2.05, 4.69) is 26.8 Å². The highest BCUT2D eigenvalue weighted by atomic mass is 16.3. The third-order valence-corrected chi connectivity index (χ3v) is 3.38. The predicted octanol–water partition coefficient (Wildman–Crippen LogP) is 0.499. The van der Waals surface area contributed by atoms with Crippen LogP contribution in [0.3, 0.4) is 0 Å². The Morgan fingerprint density at radius 1 is 1.53 bits per heavy atom. The van der Waals surface area contributed by atoms with Gasteiger partial charge in [-0.3, -0.25) is 4.98 Å². The Kier molecular flexibility index (Phi) is 3.91. The summed E-state index contributed by atoms with van der Waals surface area (Å²) in [6, 6.07) is 0.597. The molecule has 94 valence electrons. The van der Waals surface area contributed by atoms with Crippen LogP contribution in [0.4, 0.5) is 5.82 Å². The van der Waals surface area contributed by atoms with E-state index in [4.69, 9.17) is 5.11 Å². The lowest BCUT2D eigenvalue weighted by molar-refractivity contribution is 0.276. The molecule has 1 aromatic heterocycles. The maximum absolute atomic E-state index is 9.04. The van der Waals surface area contributed by atoms with Crippen molar-refractivity contribution >= 4 is 5.82 Å². The second-order valence-electron chi connectivity index (χ2n) is 4.68. The van der Waals surface area contributed by atoms with Crippen molar-refractivity contribution in [2.75, 3.05) is 32.1 Å². The number of anilines is 1. The van der Waals surface area contributed by atoms with Crippen LogP contribution in [0.15, 0.2) is 12.4 Å². The molecule has 5 heteroatoms. The molecule has 1 aliphatic rings. The van der Waals surface area contributed by atoms with E-state index in [1.54, 1.807) is 12.4 Å². The minimum absolute atomic E-state index is 0.0575. The van der Waals surface area contributed by atoms with Crippen LogP contribution >= 0.6 is 0 Å². The number of aliphatic hydroxyl groups is 1. The van der Waals surface area contributed by atoms with E-state index in [0.29, 0.717) is 11.7 Å². The highest BCUT2D eigenvalue weighted by Gasteiger charge is 2.22. The van der Waals surface area contributed by atoms with Gasteiger partial charge in [0.15, 0.2) is 0 Å². The van der Waals surface area contributed by atoms with Gasteiger partial charge in [-0.15, -0.1) is 0 Å². The number of rotatable bonds is 4. The predicted molar refractivity (Wildman–Crippen MR) is 66.9 cm³/mol. The van der Waals surface area contributed by atoms with Crippen LogP contribution in [-0.2, 0) is 6.61 Å². The number of likely N-dealkylation sites (N-methyl/N-ethyl adjacent to an activating group) is 2. The first-order chi connectivity index (χ1) is 8.20. The van der Waals surface area contributed by atoms with Crippen molar-refractivity contribution in [2.24, 2.45) is 0 Å². The van der Waals surface area contributed by atoms with Crippen LogP contribution in [-0.4, -0.2) is 53.2 Å². The fourth-order valence-corrected chi connectivity index (χ4v) is 2.27. The van der Waals surface area contributed by atoms with Gasteiger partial charge in [-0.25, -0.2) is 4.98 Å². The molecule has 1 N–H and O–H groups in total. The fourth-order valence-electron chi connectivity index (χ4n) is 2.27. The maximum Gasteiger partial charge on any atom is 0.147 e. The molecule has 0 aliphatic carbocycles. The summed E-state index contributed by atoms with van der Waals surface area (Å²) in [5.74, 6) is 0.830. The minimum atomic E-state index is -0.0575. The Morgan fingerprint density at radius 3 is 3.00 bits per heavy atom. The standard InChI is InChI=1S/C12H20N4O/c1-15-5-3-4-11(15)8-16(2)12-7-13-6-10(9-17)14-12/h6-7,11,17H,3-5,8-9H2,1-2H3. The molecule has 1 atom stereocenters. The van der Waals surface area contributed by atoms with Gasteiger partial charge in [0.05, 0.1) is 24.7 Å². The quantitative estimate of drug-likeness (QED) is 0.825. The maximum atomic E-state index is 9.04. The van der Waals surface area contributed by atoms with Crippen molar-refractivity contribution in [2.45, 2.75) is 25.5 Å². The Morgan fingerprint density at radius 2 is 2.35 bits per heavy atom. The summed E-state index contributed by atoms with van der Waals surface area (Å²) in [7, 11) is 4.19. The van der Waals surface area contributed by atoms with Crippen LogP contribution < -0.4 is 4.90 Å². The van der Waals surface area contributed by atoms with Crippen LogP contribution in [0, 0.1) is 0 Å². The lowest BCUT2D eigenvalue weighted by atomic mass is 10.2. The topological polar surface area (TPSA) is 52.5 Å². The Labute approximate surface area is 102 Å². The summed E-state index contributed by atoms with van der Waals surface area (Å²) in [5, 5.41) is 9.04. The molecule has 2 rings (SSSR count). The van der Waals surface area contributed by atoms with E-state index >= 15 is 0 Å². The van der Waals surface area contributed by atoms with Crippen LogP contribution in [0.25, 0.3) is 0 Å². The summed E-state index contributed by atoms with van der Waals surface area (Å²) in [4.78, 5) is 12.9. The first-order valence-corrected chi connectivity index (χ1v) is 6.04. The van der Waals surface area contributed by atoms with Crippen molar-refractivity contribution < 1.29 is 5.11 Å². The van der Waals surface area contributed by atoms with Gasteiger partial charge >= 0.3 is 0 Å². The number of hydrogen-bond acceptors (Lipinski definition) is 5. The SMILES string of the molecule is CN(CC1CCCN1C)c1cncc(CO)n1. The smallest absolute Gasteiger partial charge is 0.147 e. The van der Waals surface area contributed by atoms with Gasteiger partial charge in [0.25, 0.3) is 0 Å². The summed E-state index contributed by atoms with van der Waals surface area (Å²) in [6.07, 6.45) is 5.86. The van der Waals surface area contributed by atoms with Gasteiger partial charge in [-0.05, 0) is 26.4 Å².